The van der Waals surface area contributed by atoms with Gasteiger partial charge in [-0.2, -0.15) is 0 Å². The first-order valence-corrected chi connectivity index (χ1v) is 13.6. The Balaban J connectivity index is 1.68. The third-order valence-electron chi connectivity index (χ3n) is 9.94. The van der Waals surface area contributed by atoms with Gasteiger partial charge in [0.15, 0.2) is 17.3 Å². The van der Waals surface area contributed by atoms with E-state index in [4.69, 9.17) is 0 Å². The van der Waals surface area contributed by atoms with Gasteiger partial charge in [-0.25, -0.2) is 0 Å². The third kappa shape index (κ3) is 3.58. The molecule has 0 spiro atoms. The Bertz CT molecular complexity index is 1510. The summed E-state index contributed by atoms with van der Waals surface area (Å²) in [5.41, 5.74) is 7.45. The Morgan fingerprint density at radius 2 is 1.53 bits per heavy atom. The summed E-state index contributed by atoms with van der Waals surface area (Å²) in [4.78, 5) is 40.9. The van der Waals surface area contributed by atoms with E-state index in [9.17, 15) is 14.4 Å². The van der Waals surface area contributed by atoms with Crippen LogP contribution in [0.25, 0.3) is 12.2 Å². The lowest BCUT2D eigenvalue weighted by Crippen LogP contribution is -2.57. The highest BCUT2D eigenvalue weighted by Crippen LogP contribution is 2.66. The molecule has 3 nitrogen and oxygen atoms in total. The summed E-state index contributed by atoms with van der Waals surface area (Å²) in [6.45, 7) is 15.8. The van der Waals surface area contributed by atoms with Gasteiger partial charge in [0.2, 0.25) is 0 Å². The fourth-order valence-electron chi connectivity index (χ4n) is 7.96. The van der Waals surface area contributed by atoms with Gasteiger partial charge >= 0.3 is 0 Å². The molecule has 3 heteroatoms. The van der Waals surface area contributed by atoms with E-state index in [1.807, 2.05) is 33.8 Å². The number of fused-ring (bicyclic) bond motifs is 3. The monoisotopic (exact) mass is 506 g/mol. The van der Waals surface area contributed by atoms with Crippen molar-refractivity contribution in [3.8, 4) is 0 Å². The van der Waals surface area contributed by atoms with E-state index in [0.29, 0.717) is 12.0 Å². The second-order valence-electron chi connectivity index (χ2n) is 12.7. The minimum absolute atomic E-state index is 0.0426. The van der Waals surface area contributed by atoms with Crippen LogP contribution in [0.1, 0.15) is 92.6 Å². The number of hydrogen-bond donors (Lipinski definition) is 0. The highest BCUT2D eigenvalue weighted by Gasteiger charge is 2.63. The van der Waals surface area contributed by atoms with E-state index in [0.717, 1.165) is 57.4 Å². The van der Waals surface area contributed by atoms with Gasteiger partial charge in [-0.3, -0.25) is 14.4 Å². The average molecular weight is 507 g/mol. The van der Waals surface area contributed by atoms with Crippen LogP contribution in [0.5, 0.6) is 0 Å². The topological polar surface area (TPSA) is 51.2 Å². The maximum absolute atomic E-state index is 14.4. The second-order valence-corrected chi connectivity index (χ2v) is 12.7. The zero-order valence-corrected chi connectivity index (χ0v) is 24.0. The van der Waals surface area contributed by atoms with Crippen molar-refractivity contribution in [3.05, 3.63) is 92.1 Å². The van der Waals surface area contributed by atoms with Crippen LogP contribution in [0.2, 0.25) is 0 Å². The lowest BCUT2D eigenvalue weighted by molar-refractivity contribution is -0.134. The van der Waals surface area contributed by atoms with Crippen molar-refractivity contribution in [1.82, 2.24) is 0 Å². The second kappa shape index (κ2) is 8.59. The van der Waals surface area contributed by atoms with Crippen LogP contribution in [0.4, 0.5) is 0 Å². The quantitative estimate of drug-likeness (QED) is 0.315. The van der Waals surface area contributed by atoms with Gasteiger partial charge in [0, 0.05) is 16.6 Å². The number of Topliss-reactive ketones (excluding diaryl/α,β-unsaturated/α-hetero) is 3. The molecule has 0 N–H and O–H groups in total. The molecule has 0 fully saturated rings. The smallest absolute Gasteiger partial charge is 0.190 e. The molecule has 0 saturated heterocycles. The molecular formula is C35H38O3. The van der Waals surface area contributed by atoms with Crippen LogP contribution in [-0.2, 0) is 16.0 Å². The van der Waals surface area contributed by atoms with Crippen LogP contribution >= 0.6 is 0 Å². The van der Waals surface area contributed by atoms with Crippen molar-refractivity contribution < 1.29 is 14.4 Å². The fourth-order valence-corrected chi connectivity index (χ4v) is 7.96. The molecule has 0 radical (unpaired) electrons. The van der Waals surface area contributed by atoms with Crippen molar-refractivity contribution in [1.29, 1.82) is 0 Å². The van der Waals surface area contributed by atoms with Gasteiger partial charge in [-0.1, -0.05) is 79.1 Å². The van der Waals surface area contributed by atoms with Crippen molar-refractivity contribution in [3.63, 3.8) is 0 Å². The summed E-state index contributed by atoms with van der Waals surface area (Å²) in [6, 6.07) is 12.6. The molecule has 0 bridgehead atoms. The molecule has 5 rings (SSSR count). The minimum atomic E-state index is -0.883. The maximum atomic E-state index is 14.4. The van der Waals surface area contributed by atoms with Gasteiger partial charge < -0.3 is 0 Å². The molecule has 38 heavy (non-hydrogen) atoms. The Morgan fingerprint density at radius 3 is 2.16 bits per heavy atom. The highest BCUT2D eigenvalue weighted by molar-refractivity contribution is 6.24. The van der Waals surface area contributed by atoms with E-state index in [2.05, 4.69) is 63.3 Å². The molecular weight excluding hydrogens is 468 g/mol. The van der Waals surface area contributed by atoms with E-state index < -0.39 is 10.8 Å². The van der Waals surface area contributed by atoms with Gasteiger partial charge in [-0.05, 0) is 88.5 Å². The van der Waals surface area contributed by atoms with Crippen LogP contribution in [0.3, 0.4) is 0 Å². The van der Waals surface area contributed by atoms with E-state index in [1.54, 1.807) is 0 Å². The number of aryl methyl sites for hydroxylation is 2. The summed E-state index contributed by atoms with van der Waals surface area (Å²) in [5.74, 6) is -0.252. The van der Waals surface area contributed by atoms with E-state index in [-0.39, 0.29) is 22.8 Å². The molecule has 2 aromatic rings. The lowest BCUT2D eigenvalue weighted by atomic mass is 9.42. The Labute approximate surface area is 226 Å². The number of ketones is 3. The minimum Gasteiger partial charge on any atom is -0.294 e. The van der Waals surface area contributed by atoms with Crippen LogP contribution in [-0.4, -0.2) is 17.3 Å². The standard InChI is InChI=1S/C35H38O3/c1-20-9-12-25(13-10-20)14-16-26-15-11-21(2)29-27(26)18-33(6)19-34(7)17-22(3)28(24(5)36)32(38)35(34,8)23(4)30(33)31(29)37/h9-16H,17-19H2,1-8H3/b16-14+/t33-,34+,35+/m1/s1. The number of carbonyl (C=O) groups excluding carboxylic acids is 3. The van der Waals surface area contributed by atoms with Crippen molar-refractivity contribution >= 4 is 29.5 Å². The van der Waals surface area contributed by atoms with Gasteiger partial charge in [0.1, 0.15) is 0 Å². The zero-order chi connectivity index (χ0) is 27.8. The predicted octanol–water partition coefficient (Wildman–Crippen LogP) is 7.83. The third-order valence-corrected chi connectivity index (χ3v) is 9.94. The number of carbonyl (C=O) groups is 3. The SMILES string of the molecule is CC(=O)C1=C(C)C[C@@]2(C)C[C@@]3(C)Cc4c(/C=C/c5ccc(C)cc5)ccc(C)c4C(=O)C3=C(C)[C@@]2(C)C1=O. The first kappa shape index (κ1) is 26.3. The van der Waals surface area contributed by atoms with Crippen molar-refractivity contribution in [2.24, 2.45) is 16.2 Å². The Hall–Kier alpha value is -3.33. The number of rotatable bonds is 3. The molecule has 0 saturated carbocycles. The van der Waals surface area contributed by atoms with Gasteiger partial charge in [0.05, 0.1) is 11.0 Å². The summed E-state index contributed by atoms with van der Waals surface area (Å²) in [5, 5.41) is 0. The Morgan fingerprint density at radius 1 is 0.868 bits per heavy atom. The van der Waals surface area contributed by atoms with Gasteiger partial charge in [0.25, 0.3) is 0 Å². The normalized spacial score (nSPS) is 28.9. The molecule has 3 aliphatic rings. The maximum Gasteiger partial charge on any atom is 0.190 e. The lowest BCUT2D eigenvalue weighted by Gasteiger charge is -2.59. The fraction of sp³-hybridized carbons (Fsp3) is 0.400. The number of hydrogen-bond acceptors (Lipinski definition) is 3. The Kier molecular flexibility index (Phi) is 5.94. The van der Waals surface area contributed by atoms with Crippen molar-refractivity contribution in [2.75, 3.05) is 0 Å². The summed E-state index contributed by atoms with van der Waals surface area (Å²) < 4.78 is 0. The first-order chi connectivity index (χ1) is 17.7. The van der Waals surface area contributed by atoms with Crippen LogP contribution in [0, 0.1) is 30.1 Å². The van der Waals surface area contributed by atoms with Crippen LogP contribution in [0.15, 0.2) is 58.7 Å². The molecule has 0 amide bonds. The molecule has 3 atom stereocenters. The summed E-state index contributed by atoms with van der Waals surface area (Å²) in [7, 11) is 0. The van der Waals surface area contributed by atoms with E-state index >= 15 is 0 Å². The van der Waals surface area contributed by atoms with Gasteiger partial charge in [-0.15, -0.1) is 0 Å². The van der Waals surface area contributed by atoms with Crippen molar-refractivity contribution in [2.45, 2.75) is 74.7 Å². The number of allylic oxidation sites excluding steroid dienone is 4. The van der Waals surface area contributed by atoms with Crippen LogP contribution < -0.4 is 0 Å². The molecule has 0 aromatic heterocycles. The predicted molar refractivity (Wildman–Crippen MR) is 154 cm³/mol. The summed E-state index contributed by atoms with van der Waals surface area (Å²) >= 11 is 0. The zero-order valence-electron chi connectivity index (χ0n) is 24.0. The molecule has 0 heterocycles. The molecule has 0 unspecified atom stereocenters. The van der Waals surface area contributed by atoms with E-state index in [1.165, 1.54) is 12.5 Å². The first-order valence-electron chi connectivity index (χ1n) is 13.6. The molecule has 196 valence electrons. The largest absolute Gasteiger partial charge is 0.294 e. The number of benzene rings is 2. The summed E-state index contributed by atoms with van der Waals surface area (Å²) in [6.07, 6.45) is 6.39. The molecule has 3 aliphatic carbocycles. The molecule has 0 aliphatic heterocycles. The average Bonchev–Trinajstić information content (AvgIpc) is 2.81. The highest BCUT2D eigenvalue weighted by atomic mass is 16.2. The molecule has 2 aromatic carbocycles.